The van der Waals surface area contributed by atoms with Crippen LogP contribution in [0.3, 0.4) is 0 Å². The van der Waals surface area contributed by atoms with Crippen molar-refractivity contribution in [3.63, 3.8) is 0 Å². The number of rotatable bonds is 8. The zero-order valence-electron chi connectivity index (χ0n) is 24.7. The monoisotopic (exact) mass is 783 g/mol. The van der Waals surface area contributed by atoms with Gasteiger partial charge in [-0.05, 0) is 12.8 Å². The molecular formula is C34H40IrNO3Se-. The number of allylic oxidation sites excluding steroid dienone is 2. The van der Waals surface area contributed by atoms with Gasteiger partial charge in [-0.2, -0.15) is 0 Å². The fourth-order valence-electron chi connectivity index (χ4n) is 3.61. The topological polar surface area (TPSA) is 59.4 Å². The number of aliphatic hydroxyl groups excluding tert-OH is 1. The van der Waals surface area contributed by atoms with E-state index in [9.17, 15) is 9.90 Å². The summed E-state index contributed by atoms with van der Waals surface area (Å²) in [6.45, 7) is 15.7. The van der Waals surface area contributed by atoms with Crippen molar-refractivity contribution in [2.24, 2.45) is 10.8 Å². The fourth-order valence-corrected chi connectivity index (χ4v) is 5.85. The molecule has 4 rings (SSSR count). The van der Waals surface area contributed by atoms with Gasteiger partial charge in [-0.3, -0.25) is 4.79 Å². The summed E-state index contributed by atoms with van der Waals surface area (Å²) >= 11 is 0.282. The third kappa shape index (κ3) is 9.01. The maximum Gasteiger partial charge on any atom is 0 e. The minimum Gasteiger partial charge on any atom is 0 e. The van der Waals surface area contributed by atoms with Gasteiger partial charge in [0, 0.05) is 37.0 Å². The largest absolute Gasteiger partial charge is 0 e. The Morgan fingerprint density at radius 1 is 1.00 bits per heavy atom. The Morgan fingerprint density at radius 3 is 2.25 bits per heavy atom. The quantitative estimate of drug-likeness (QED) is 0.0840. The molecule has 0 bridgehead atoms. The van der Waals surface area contributed by atoms with Crippen molar-refractivity contribution >= 4 is 29.9 Å². The molecule has 0 aliphatic rings. The van der Waals surface area contributed by atoms with Crippen LogP contribution in [0, 0.1) is 30.7 Å². The molecule has 4 aromatic rings. The molecule has 0 spiro atoms. The second-order valence-corrected chi connectivity index (χ2v) is 13.5. The molecule has 0 fully saturated rings. The summed E-state index contributed by atoms with van der Waals surface area (Å²) in [5, 5.41) is 11.0. The molecule has 1 N–H and O–H groups in total. The Hall–Kier alpha value is -2.49. The van der Waals surface area contributed by atoms with Gasteiger partial charge in [0.2, 0.25) is 0 Å². The molecule has 1 radical (unpaired) electrons. The van der Waals surface area contributed by atoms with Crippen LogP contribution >= 0.6 is 0 Å². The van der Waals surface area contributed by atoms with Crippen molar-refractivity contribution in [2.75, 3.05) is 0 Å². The van der Waals surface area contributed by atoms with Crippen molar-refractivity contribution in [3.05, 3.63) is 89.8 Å². The molecule has 0 aliphatic carbocycles. The van der Waals surface area contributed by atoms with Gasteiger partial charge >= 0.3 is 147 Å². The van der Waals surface area contributed by atoms with Gasteiger partial charge in [0.1, 0.15) is 5.76 Å². The average molecular weight is 782 g/mol. The summed E-state index contributed by atoms with van der Waals surface area (Å²) in [4.78, 5) is 16.3. The Morgan fingerprint density at radius 2 is 1.65 bits per heavy atom. The summed E-state index contributed by atoms with van der Waals surface area (Å²) in [6.07, 6.45) is 4.90. The third-order valence-corrected chi connectivity index (χ3v) is 9.57. The predicted molar refractivity (Wildman–Crippen MR) is 163 cm³/mol. The van der Waals surface area contributed by atoms with Crippen LogP contribution in [0.1, 0.15) is 65.5 Å². The number of aliphatic hydroxyl groups is 1. The first-order valence-corrected chi connectivity index (χ1v) is 15.1. The summed E-state index contributed by atoms with van der Waals surface area (Å²) in [5.74, 6) is 1.56. The normalized spacial score (nSPS) is 11.8. The number of carbonyl (C=O) groups is 1. The Labute approximate surface area is 259 Å². The van der Waals surface area contributed by atoms with Crippen molar-refractivity contribution in [1.82, 2.24) is 4.98 Å². The number of pyridine rings is 1. The van der Waals surface area contributed by atoms with Crippen LogP contribution in [0.25, 0.3) is 19.6 Å². The van der Waals surface area contributed by atoms with Crippen molar-refractivity contribution in [3.8, 4) is 21.6 Å². The van der Waals surface area contributed by atoms with Crippen LogP contribution in [-0.4, -0.2) is 30.4 Å². The van der Waals surface area contributed by atoms with Crippen molar-refractivity contribution in [1.29, 1.82) is 0 Å². The van der Waals surface area contributed by atoms with Gasteiger partial charge in [0.15, 0.2) is 5.78 Å². The Bertz CT molecular complexity index is 1430. The number of ketones is 1. The second-order valence-electron chi connectivity index (χ2n) is 11.2. The SMILES string of the molecule is CCC(C)(C)C(=O)/C=C(\O)C(C)(C)CC.Cc1[c-]c(Oc2cc3[se]c(-c4ccccc4)cc3cn2)cc(C)c1.[Ir]. The maximum absolute atomic E-state index is 11.8. The van der Waals surface area contributed by atoms with E-state index in [1.54, 1.807) is 0 Å². The molecule has 0 amide bonds. The molecule has 2 heterocycles. The molecule has 0 saturated carbocycles. The van der Waals surface area contributed by atoms with Gasteiger partial charge < -0.3 is 5.11 Å². The number of carbonyl (C=O) groups excluding carboxylic acids is 1. The number of nitrogens with zero attached hydrogens (tertiary/aromatic N) is 1. The molecule has 2 aromatic carbocycles. The molecule has 0 saturated heterocycles. The average Bonchev–Trinajstić information content (AvgIpc) is 3.32. The summed E-state index contributed by atoms with van der Waals surface area (Å²) in [7, 11) is 0. The number of fused-ring (bicyclic) bond motifs is 1. The van der Waals surface area contributed by atoms with Crippen LogP contribution in [0.5, 0.6) is 11.6 Å². The maximum atomic E-state index is 11.8. The molecule has 2 aromatic heterocycles. The van der Waals surface area contributed by atoms with E-state index in [1.807, 2.05) is 66.8 Å². The molecule has 0 atom stereocenters. The van der Waals surface area contributed by atoms with Gasteiger partial charge in [-0.1, -0.05) is 41.5 Å². The van der Waals surface area contributed by atoms with Gasteiger partial charge in [-0.25, -0.2) is 0 Å². The molecular weight excluding hydrogens is 742 g/mol. The number of aryl methyl sites for hydroxylation is 2. The Kier molecular flexibility index (Phi) is 12.2. The summed E-state index contributed by atoms with van der Waals surface area (Å²) in [6, 6.07) is 22.1. The van der Waals surface area contributed by atoms with E-state index < -0.39 is 0 Å². The first-order chi connectivity index (χ1) is 18.3. The minimum atomic E-state index is -0.377. The third-order valence-electron chi connectivity index (χ3n) is 7.17. The van der Waals surface area contributed by atoms with Gasteiger partial charge in [-0.15, -0.1) is 0 Å². The summed E-state index contributed by atoms with van der Waals surface area (Å²) < 4.78 is 8.63. The number of hydrogen-bond acceptors (Lipinski definition) is 4. The van der Waals surface area contributed by atoms with E-state index in [4.69, 9.17) is 4.74 Å². The van der Waals surface area contributed by atoms with Gasteiger partial charge in [0.25, 0.3) is 0 Å². The first-order valence-electron chi connectivity index (χ1n) is 13.4. The van der Waals surface area contributed by atoms with Gasteiger partial charge in [0.05, 0.1) is 0 Å². The smallest absolute Gasteiger partial charge is 0 e. The van der Waals surface area contributed by atoms with E-state index in [-0.39, 0.29) is 57.0 Å². The van der Waals surface area contributed by atoms with Crippen LogP contribution < -0.4 is 4.74 Å². The minimum absolute atomic E-state index is 0. The zero-order chi connectivity index (χ0) is 28.8. The zero-order valence-corrected chi connectivity index (χ0v) is 28.8. The van der Waals surface area contributed by atoms with E-state index in [0.717, 1.165) is 24.2 Å². The van der Waals surface area contributed by atoms with Crippen LogP contribution in [0.4, 0.5) is 0 Å². The van der Waals surface area contributed by atoms with Crippen LogP contribution in [0.2, 0.25) is 0 Å². The van der Waals surface area contributed by atoms with E-state index >= 15 is 0 Å². The van der Waals surface area contributed by atoms with Crippen LogP contribution in [0.15, 0.2) is 72.6 Å². The molecule has 0 aliphatic heterocycles. The predicted octanol–water partition coefficient (Wildman–Crippen LogP) is 9.04. The molecule has 6 heteroatoms. The van der Waals surface area contributed by atoms with E-state index in [0.29, 0.717) is 5.88 Å². The standard InChI is InChI=1S/C21H16NOSe.C13H24O2.Ir/c1-14-8-15(2)10-18(9-14)23-21-12-20-17(13-22-21)11-19(24-20)16-6-4-3-5-7-16;1-7-12(3,4)10(14)9-11(15)13(5,6)8-2;/h3-9,11-13H,1-2H3;9,14H,7-8H2,1-6H3;/q-1;;/b;10-9-;. The second kappa shape index (κ2) is 14.4. The molecule has 40 heavy (non-hydrogen) atoms. The van der Waals surface area contributed by atoms with E-state index in [2.05, 4.69) is 60.4 Å². The molecule has 215 valence electrons. The van der Waals surface area contributed by atoms with Crippen molar-refractivity contribution in [2.45, 2.75) is 68.2 Å². The van der Waals surface area contributed by atoms with Crippen molar-refractivity contribution < 1.29 is 34.7 Å². The number of aromatic nitrogens is 1. The summed E-state index contributed by atoms with van der Waals surface area (Å²) in [5.41, 5.74) is 2.85. The van der Waals surface area contributed by atoms with Crippen LogP contribution in [-0.2, 0) is 24.9 Å². The number of ether oxygens (including phenoxy) is 1. The fraction of sp³-hybridized carbons (Fsp3) is 0.353. The Balaban J connectivity index is 0.000000307. The number of hydrogen-bond donors (Lipinski definition) is 1. The molecule has 0 unspecified atom stereocenters. The first kappa shape index (κ1) is 33.7. The molecule has 4 nitrogen and oxygen atoms in total. The number of benzene rings is 2. The van der Waals surface area contributed by atoms with E-state index in [1.165, 1.54) is 31.3 Å².